The van der Waals surface area contributed by atoms with E-state index < -0.39 is 0 Å². The van der Waals surface area contributed by atoms with Gasteiger partial charge in [-0.25, -0.2) is 0 Å². The van der Waals surface area contributed by atoms with Gasteiger partial charge in [-0.3, -0.25) is 4.90 Å². The fourth-order valence-corrected chi connectivity index (χ4v) is 5.13. The minimum atomic E-state index is 0.0781. The molecule has 0 bridgehead atoms. The summed E-state index contributed by atoms with van der Waals surface area (Å²) in [5.74, 6) is 0.265. The second kappa shape index (κ2) is 8.09. The monoisotopic (exact) mass is 390 g/mol. The second-order valence-electron chi connectivity index (χ2n) is 6.64. The number of rotatable bonds is 5. The molecule has 2 heterocycles. The number of para-hydroxylation sites is 1. The normalized spacial score (nSPS) is 20.3. The number of phenols is 1. The van der Waals surface area contributed by atoms with E-state index in [0.29, 0.717) is 5.02 Å². The number of hydrogen-bond donors (Lipinski definition) is 1. The van der Waals surface area contributed by atoms with Crippen LogP contribution in [0, 0.1) is 0 Å². The highest BCUT2D eigenvalue weighted by molar-refractivity contribution is 8.00. The molecule has 4 nitrogen and oxygen atoms in total. The average Bonchev–Trinajstić information content (AvgIpc) is 3.01. The molecule has 0 saturated carbocycles. The van der Waals surface area contributed by atoms with E-state index in [9.17, 15) is 5.11 Å². The van der Waals surface area contributed by atoms with Crippen LogP contribution < -0.4 is 4.90 Å². The highest BCUT2D eigenvalue weighted by Gasteiger charge is 2.32. The lowest BCUT2D eigenvalue weighted by Crippen LogP contribution is -2.38. The number of aromatic hydroxyl groups is 1. The number of phenolic OH excluding ortho intramolecular Hbond substituents is 1. The molecule has 4 rings (SSSR count). The SMILES string of the molecule is Oc1cc(Cl)ccc1C1Sc2ccccc2N1CCCN1CCOCC1. The first kappa shape index (κ1) is 18.0. The van der Waals surface area contributed by atoms with Crippen molar-refractivity contribution >= 4 is 29.1 Å². The van der Waals surface area contributed by atoms with Crippen molar-refractivity contribution in [3.05, 3.63) is 53.1 Å². The number of hydrogen-bond acceptors (Lipinski definition) is 5. The minimum absolute atomic E-state index is 0.0781. The van der Waals surface area contributed by atoms with E-state index in [1.54, 1.807) is 17.8 Å². The van der Waals surface area contributed by atoms with E-state index in [0.717, 1.165) is 51.4 Å². The van der Waals surface area contributed by atoms with Gasteiger partial charge < -0.3 is 14.7 Å². The minimum Gasteiger partial charge on any atom is -0.508 e. The van der Waals surface area contributed by atoms with Gasteiger partial charge in [0.25, 0.3) is 0 Å². The standard InChI is InChI=1S/C20H23ClN2O2S/c21-15-6-7-16(18(24)14-15)20-23(17-4-1-2-5-19(17)26-20)9-3-8-22-10-12-25-13-11-22/h1-2,4-7,14,20,24H,3,8-13H2. The smallest absolute Gasteiger partial charge is 0.123 e. The molecular formula is C20H23ClN2O2S. The number of anilines is 1. The fourth-order valence-electron chi connectivity index (χ4n) is 3.59. The Morgan fingerprint density at radius 3 is 2.73 bits per heavy atom. The maximum absolute atomic E-state index is 10.4. The Balaban J connectivity index is 1.51. The molecule has 1 unspecified atom stereocenters. The third-order valence-electron chi connectivity index (χ3n) is 4.93. The Kier molecular flexibility index (Phi) is 5.60. The first-order chi connectivity index (χ1) is 12.7. The maximum Gasteiger partial charge on any atom is 0.123 e. The van der Waals surface area contributed by atoms with Gasteiger partial charge in [-0.05, 0) is 30.7 Å². The van der Waals surface area contributed by atoms with Gasteiger partial charge in [0.1, 0.15) is 11.1 Å². The molecule has 6 heteroatoms. The molecule has 2 aliphatic rings. The lowest BCUT2D eigenvalue weighted by Gasteiger charge is -2.30. The Hall–Kier alpha value is -1.40. The van der Waals surface area contributed by atoms with Crippen LogP contribution in [0.5, 0.6) is 5.75 Å². The van der Waals surface area contributed by atoms with Gasteiger partial charge in [-0.1, -0.05) is 41.6 Å². The number of benzene rings is 2. The maximum atomic E-state index is 10.4. The predicted octanol–water partition coefficient (Wildman–Crippen LogP) is 4.38. The molecule has 0 radical (unpaired) electrons. The lowest BCUT2D eigenvalue weighted by atomic mass is 10.1. The first-order valence-electron chi connectivity index (χ1n) is 9.03. The highest BCUT2D eigenvalue weighted by Crippen LogP contribution is 2.52. The number of morpholine rings is 1. The van der Waals surface area contributed by atoms with E-state index in [2.05, 4.69) is 34.1 Å². The van der Waals surface area contributed by atoms with Crippen molar-refractivity contribution in [1.82, 2.24) is 4.90 Å². The van der Waals surface area contributed by atoms with Crippen LogP contribution in [-0.4, -0.2) is 49.4 Å². The summed E-state index contributed by atoms with van der Waals surface area (Å²) in [5, 5.41) is 11.1. The van der Waals surface area contributed by atoms with E-state index in [4.69, 9.17) is 16.3 Å². The number of halogens is 1. The van der Waals surface area contributed by atoms with Gasteiger partial charge in [0.15, 0.2) is 0 Å². The van der Waals surface area contributed by atoms with E-state index in [1.807, 2.05) is 12.1 Å². The molecule has 0 spiro atoms. The van der Waals surface area contributed by atoms with Gasteiger partial charge in [-0.15, -0.1) is 0 Å². The molecule has 1 N–H and O–H groups in total. The Labute approximate surface area is 163 Å². The first-order valence-corrected chi connectivity index (χ1v) is 10.3. The summed E-state index contributed by atoms with van der Waals surface area (Å²) >= 11 is 7.82. The van der Waals surface area contributed by atoms with E-state index >= 15 is 0 Å². The van der Waals surface area contributed by atoms with Crippen molar-refractivity contribution in [2.75, 3.05) is 44.3 Å². The summed E-state index contributed by atoms with van der Waals surface area (Å²) in [7, 11) is 0. The topological polar surface area (TPSA) is 35.9 Å². The predicted molar refractivity (Wildman–Crippen MR) is 107 cm³/mol. The van der Waals surface area contributed by atoms with Crippen LogP contribution in [0.3, 0.4) is 0 Å². The second-order valence-corrected chi connectivity index (χ2v) is 8.20. The van der Waals surface area contributed by atoms with Crippen LogP contribution in [-0.2, 0) is 4.74 Å². The van der Waals surface area contributed by atoms with Crippen LogP contribution in [0.2, 0.25) is 5.02 Å². The zero-order valence-electron chi connectivity index (χ0n) is 14.6. The number of thioether (sulfide) groups is 1. The van der Waals surface area contributed by atoms with Crippen LogP contribution >= 0.6 is 23.4 Å². The molecule has 1 atom stereocenters. The molecule has 26 heavy (non-hydrogen) atoms. The van der Waals surface area contributed by atoms with Crippen LogP contribution in [0.15, 0.2) is 47.4 Å². The molecule has 2 aromatic carbocycles. The molecule has 2 aliphatic heterocycles. The molecule has 0 aliphatic carbocycles. The fraction of sp³-hybridized carbons (Fsp3) is 0.400. The molecule has 0 amide bonds. The quantitative estimate of drug-likeness (QED) is 0.819. The van der Waals surface area contributed by atoms with Crippen molar-refractivity contribution in [2.45, 2.75) is 16.7 Å². The lowest BCUT2D eigenvalue weighted by molar-refractivity contribution is 0.0376. The zero-order valence-corrected chi connectivity index (χ0v) is 16.2. The van der Waals surface area contributed by atoms with Crippen molar-refractivity contribution < 1.29 is 9.84 Å². The molecule has 138 valence electrons. The molecule has 2 aromatic rings. The molecule has 1 fully saturated rings. The van der Waals surface area contributed by atoms with Crippen molar-refractivity contribution in [2.24, 2.45) is 0 Å². The summed E-state index contributed by atoms with van der Waals surface area (Å²) in [4.78, 5) is 6.13. The van der Waals surface area contributed by atoms with Crippen molar-refractivity contribution in [1.29, 1.82) is 0 Å². The van der Waals surface area contributed by atoms with Crippen molar-refractivity contribution in [3.63, 3.8) is 0 Å². The van der Waals surface area contributed by atoms with Gasteiger partial charge in [0.2, 0.25) is 0 Å². The Morgan fingerprint density at radius 2 is 1.92 bits per heavy atom. The Bertz CT molecular complexity index is 767. The summed E-state index contributed by atoms with van der Waals surface area (Å²) in [6, 6.07) is 13.9. The van der Waals surface area contributed by atoms with Gasteiger partial charge in [0.05, 0.1) is 18.9 Å². The van der Waals surface area contributed by atoms with Crippen LogP contribution in [0.1, 0.15) is 17.4 Å². The molecular weight excluding hydrogens is 368 g/mol. The van der Waals surface area contributed by atoms with Crippen LogP contribution in [0.4, 0.5) is 5.69 Å². The average molecular weight is 391 g/mol. The molecule has 0 aromatic heterocycles. The van der Waals surface area contributed by atoms with Gasteiger partial charge >= 0.3 is 0 Å². The van der Waals surface area contributed by atoms with Gasteiger partial charge in [-0.2, -0.15) is 0 Å². The van der Waals surface area contributed by atoms with Crippen LogP contribution in [0.25, 0.3) is 0 Å². The third-order valence-corrected chi connectivity index (χ3v) is 6.50. The zero-order chi connectivity index (χ0) is 17.9. The summed E-state index contributed by atoms with van der Waals surface area (Å²) in [6.45, 7) is 5.74. The number of fused-ring (bicyclic) bond motifs is 1. The van der Waals surface area contributed by atoms with Crippen molar-refractivity contribution in [3.8, 4) is 5.75 Å². The largest absolute Gasteiger partial charge is 0.508 e. The number of ether oxygens (including phenoxy) is 1. The van der Waals surface area contributed by atoms with E-state index in [-0.39, 0.29) is 11.1 Å². The molecule has 1 saturated heterocycles. The third kappa shape index (κ3) is 3.81. The summed E-state index contributed by atoms with van der Waals surface area (Å²) in [5.41, 5.74) is 2.17. The van der Waals surface area contributed by atoms with Gasteiger partial charge in [0, 0.05) is 41.7 Å². The number of nitrogens with zero attached hydrogens (tertiary/aromatic N) is 2. The summed E-state index contributed by atoms with van der Waals surface area (Å²) < 4.78 is 5.43. The Morgan fingerprint density at radius 1 is 1.12 bits per heavy atom. The van der Waals surface area contributed by atoms with E-state index in [1.165, 1.54) is 10.6 Å². The summed E-state index contributed by atoms with van der Waals surface area (Å²) in [6.07, 6.45) is 1.08. The highest BCUT2D eigenvalue weighted by atomic mass is 35.5.